The predicted octanol–water partition coefficient (Wildman–Crippen LogP) is 1.74. The first-order valence-electron chi connectivity index (χ1n) is 8.57. The summed E-state index contributed by atoms with van der Waals surface area (Å²) in [6.07, 6.45) is 7.61. The fraction of sp³-hybridized carbons (Fsp3) is 1.00. The molecule has 1 spiro atoms. The van der Waals surface area contributed by atoms with E-state index in [-0.39, 0.29) is 5.79 Å². The van der Waals surface area contributed by atoms with Crippen LogP contribution in [0, 0.1) is 5.92 Å². The summed E-state index contributed by atoms with van der Waals surface area (Å²) in [5.41, 5.74) is 0. The monoisotopic (exact) mass is 280 g/mol. The van der Waals surface area contributed by atoms with Crippen molar-refractivity contribution >= 4 is 0 Å². The molecule has 4 atom stereocenters. The number of piperidine rings is 1. The summed E-state index contributed by atoms with van der Waals surface area (Å²) in [6, 6.07) is 2.07. The number of likely N-dealkylation sites (N-methyl/N-ethyl adjacent to an activating group) is 1. The van der Waals surface area contributed by atoms with Crippen molar-refractivity contribution in [1.29, 1.82) is 0 Å². The van der Waals surface area contributed by atoms with E-state index < -0.39 is 0 Å². The maximum Gasteiger partial charge on any atom is 0.170 e. The summed E-state index contributed by atoms with van der Waals surface area (Å²) < 4.78 is 12.0. The Labute approximate surface area is 122 Å². The molecule has 4 heteroatoms. The van der Waals surface area contributed by atoms with E-state index in [4.69, 9.17) is 9.47 Å². The molecular weight excluding hydrogens is 252 g/mol. The highest BCUT2D eigenvalue weighted by Gasteiger charge is 2.50. The maximum absolute atomic E-state index is 6.00. The minimum atomic E-state index is -0.252. The van der Waals surface area contributed by atoms with E-state index in [2.05, 4.69) is 17.1 Å². The average molecular weight is 280 g/mol. The highest BCUT2D eigenvalue weighted by Crippen LogP contribution is 2.44. The summed E-state index contributed by atoms with van der Waals surface area (Å²) >= 11 is 0. The molecule has 4 aliphatic rings. The van der Waals surface area contributed by atoms with E-state index in [1.165, 1.54) is 32.2 Å². The second-order valence-corrected chi connectivity index (χ2v) is 7.11. The third kappa shape index (κ3) is 2.21. The zero-order valence-electron chi connectivity index (χ0n) is 12.6. The molecule has 1 N–H and O–H groups in total. The molecule has 4 rings (SSSR count). The van der Waals surface area contributed by atoms with Crippen LogP contribution < -0.4 is 5.32 Å². The van der Waals surface area contributed by atoms with Gasteiger partial charge >= 0.3 is 0 Å². The van der Waals surface area contributed by atoms with Crippen molar-refractivity contribution in [3.63, 3.8) is 0 Å². The van der Waals surface area contributed by atoms with Crippen LogP contribution >= 0.6 is 0 Å². The lowest BCUT2D eigenvalue weighted by atomic mass is 9.83. The molecule has 2 aliphatic heterocycles. The van der Waals surface area contributed by atoms with Crippen LogP contribution in [0.15, 0.2) is 0 Å². The molecule has 4 fully saturated rings. The van der Waals surface area contributed by atoms with Crippen molar-refractivity contribution in [3.05, 3.63) is 0 Å². The first kappa shape index (κ1) is 13.5. The van der Waals surface area contributed by atoms with Gasteiger partial charge < -0.3 is 14.8 Å². The smallest absolute Gasteiger partial charge is 0.170 e. The topological polar surface area (TPSA) is 33.7 Å². The van der Waals surface area contributed by atoms with Crippen LogP contribution in [0.25, 0.3) is 0 Å². The molecule has 2 aliphatic carbocycles. The Morgan fingerprint density at radius 3 is 2.70 bits per heavy atom. The van der Waals surface area contributed by atoms with Gasteiger partial charge in [0.1, 0.15) is 0 Å². The normalized spacial score (nSPS) is 43.6. The van der Waals surface area contributed by atoms with Crippen molar-refractivity contribution < 1.29 is 9.47 Å². The molecule has 0 amide bonds. The number of hydrogen-bond acceptors (Lipinski definition) is 4. The van der Waals surface area contributed by atoms with Gasteiger partial charge in [-0.05, 0) is 38.1 Å². The summed E-state index contributed by atoms with van der Waals surface area (Å²) in [7, 11) is 0. The van der Waals surface area contributed by atoms with Gasteiger partial charge in [-0.3, -0.25) is 4.90 Å². The molecule has 2 saturated heterocycles. The Hall–Kier alpha value is -0.160. The highest BCUT2D eigenvalue weighted by atomic mass is 16.7. The third-order valence-corrected chi connectivity index (χ3v) is 5.98. The maximum atomic E-state index is 6.00. The summed E-state index contributed by atoms with van der Waals surface area (Å²) in [5.74, 6) is 0.712. The van der Waals surface area contributed by atoms with Gasteiger partial charge in [-0.25, -0.2) is 0 Å². The number of likely N-dealkylation sites (tertiary alicyclic amines) is 1. The molecule has 2 bridgehead atoms. The van der Waals surface area contributed by atoms with Gasteiger partial charge in [-0.1, -0.05) is 6.92 Å². The predicted molar refractivity (Wildman–Crippen MR) is 77.6 cm³/mol. The summed E-state index contributed by atoms with van der Waals surface area (Å²) in [5, 5.41) is 3.72. The Morgan fingerprint density at radius 1 is 1.20 bits per heavy atom. The lowest BCUT2D eigenvalue weighted by molar-refractivity contribution is -0.194. The van der Waals surface area contributed by atoms with Gasteiger partial charge in [-0.2, -0.15) is 0 Å². The van der Waals surface area contributed by atoms with Crippen molar-refractivity contribution in [1.82, 2.24) is 10.2 Å². The van der Waals surface area contributed by atoms with Crippen molar-refractivity contribution in [2.75, 3.05) is 26.3 Å². The zero-order chi connectivity index (χ0) is 13.6. The van der Waals surface area contributed by atoms with E-state index in [0.29, 0.717) is 12.1 Å². The van der Waals surface area contributed by atoms with Crippen LogP contribution in [0.4, 0.5) is 0 Å². The Balaban J connectivity index is 1.52. The van der Waals surface area contributed by atoms with Gasteiger partial charge in [0.05, 0.1) is 13.2 Å². The molecule has 0 aromatic carbocycles. The fourth-order valence-electron chi connectivity index (χ4n) is 5.11. The standard InChI is InChI=1S/C16H28N2O2/c1-2-17-14-5-6-16(19-7-8-20-16)10-15(14)18-11-12-3-4-13(18)9-12/h12-15,17H,2-11H2,1H3. The van der Waals surface area contributed by atoms with Gasteiger partial charge in [-0.15, -0.1) is 0 Å². The summed E-state index contributed by atoms with van der Waals surface area (Å²) in [6.45, 7) is 6.17. The zero-order valence-corrected chi connectivity index (χ0v) is 12.6. The summed E-state index contributed by atoms with van der Waals surface area (Å²) in [4.78, 5) is 2.80. The molecule has 2 heterocycles. The van der Waals surface area contributed by atoms with Crippen LogP contribution in [0.1, 0.15) is 45.4 Å². The van der Waals surface area contributed by atoms with E-state index in [1.807, 2.05) is 0 Å². The van der Waals surface area contributed by atoms with E-state index in [1.54, 1.807) is 0 Å². The van der Waals surface area contributed by atoms with E-state index >= 15 is 0 Å². The van der Waals surface area contributed by atoms with Crippen LogP contribution in [-0.4, -0.2) is 55.1 Å². The molecule has 0 radical (unpaired) electrons. The molecule has 4 unspecified atom stereocenters. The molecule has 20 heavy (non-hydrogen) atoms. The number of nitrogens with zero attached hydrogens (tertiary/aromatic N) is 1. The SMILES string of the molecule is CCNC1CCC2(CC1N1CC3CCC1C3)OCCO2. The van der Waals surface area contributed by atoms with Gasteiger partial charge in [0.2, 0.25) is 0 Å². The molecule has 2 saturated carbocycles. The number of rotatable bonds is 3. The first-order chi connectivity index (χ1) is 9.80. The first-order valence-corrected chi connectivity index (χ1v) is 8.57. The Kier molecular flexibility index (Phi) is 3.53. The minimum absolute atomic E-state index is 0.252. The van der Waals surface area contributed by atoms with Crippen LogP contribution in [-0.2, 0) is 9.47 Å². The molecule has 0 aromatic heterocycles. The molecular formula is C16H28N2O2. The number of hydrogen-bond donors (Lipinski definition) is 1. The Bertz CT molecular complexity index is 356. The lowest BCUT2D eigenvalue weighted by Crippen LogP contribution is -2.59. The second kappa shape index (κ2) is 5.24. The van der Waals surface area contributed by atoms with Crippen molar-refractivity contribution in [2.24, 2.45) is 5.92 Å². The van der Waals surface area contributed by atoms with Crippen molar-refractivity contribution in [3.8, 4) is 0 Å². The number of nitrogens with one attached hydrogen (secondary N) is 1. The minimum Gasteiger partial charge on any atom is -0.347 e. The molecule has 0 aromatic rings. The number of ether oxygens (including phenoxy) is 2. The van der Waals surface area contributed by atoms with Gasteiger partial charge in [0.15, 0.2) is 5.79 Å². The van der Waals surface area contributed by atoms with Gasteiger partial charge in [0, 0.05) is 37.5 Å². The third-order valence-electron chi connectivity index (χ3n) is 5.98. The lowest BCUT2D eigenvalue weighted by Gasteiger charge is -2.47. The van der Waals surface area contributed by atoms with Crippen molar-refractivity contribution in [2.45, 2.75) is 69.4 Å². The fourth-order valence-corrected chi connectivity index (χ4v) is 5.11. The number of fused-ring (bicyclic) bond motifs is 2. The second-order valence-electron chi connectivity index (χ2n) is 7.11. The largest absolute Gasteiger partial charge is 0.347 e. The Morgan fingerprint density at radius 2 is 2.05 bits per heavy atom. The quantitative estimate of drug-likeness (QED) is 0.854. The van der Waals surface area contributed by atoms with E-state index in [0.717, 1.165) is 44.6 Å². The van der Waals surface area contributed by atoms with Gasteiger partial charge in [0.25, 0.3) is 0 Å². The van der Waals surface area contributed by atoms with Crippen LogP contribution in [0.3, 0.4) is 0 Å². The van der Waals surface area contributed by atoms with Crippen LogP contribution in [0.2, 0.25) is 0 Å². The molecule has 114 valence electrons. The average Bonchev–Trinajstić information content (AvgIpc) is 3.18. The highest BCUT2D eigenvalue weighted by molar-refractivity contribution is 5.03. The van der Waals surface area contributed by atoms with Crippen LogP contribution in [0.5, 0.6) is 0 Å². The molecule has 4 nitrogen and oxygen atoms in total. The van der Waals surface area contributed by atoms with E-state index in [9.17, 15) is 0 Å².